The van der Waals surface area contributed by atoms with E-state index in [-0.39, 0.29) is 31.4 Å². The molecule has 9 heteroatoms. The molecule has 3 aromatic rings. The SMILES string of the molecule is O=C(NCc1ccccc1)N[C@@H]1CO[C@@H]2[C@@H]1OC[C@H]2OC(=O)Nc1ccc(Oc2ccccc2)cc1. The number of rotatable bonds is 7. The highest BCUT2D eigenvalue weighted by Gasteiger charge is 2.50. The lowest BCUT2D eigenvalue weighted by Crippen LogP contribution is -2.48. The van der Waals surface area contributed by atoms with Gasteiger partial charge in [0.15, 0.2) is 6.10 Å². The van der Waals surface area contributed by atoms with Gasteiger partial charge >= 0.3 is 12.1 Å². The highest BCUT2D eigenvalue weighted by molar-refractivity contribution is 5.84. The van der Waals surface area contributed by atoms with Crippen LogP contribution in [-0.2, 0) is 20.8 Å². The predicted molar refractivity (Wildman–Crippen MR) is 132 cm³/mol. The van der Waals surface area contributed by atoms with E-state index in [1.165, 1.54) is 0 Å². The number of carbonyl (C=O) groups is 2. The minimum absolute atomic E-state index is 0.191. The molecule has 0 saturated carbocycles. The fraction of sp³-hybridized carbons (Fsp3) is 0.259. The number of hydrogen-bond acceptors (Lipinski definition) is 6. The maximum atomic E-state index is 12.5. The molecular weight excluding hydrogens is 462 g/mol. The first-order chi connectivity index (χ1) is 17.6. The number of nitrogens with one attached hydrogen (secondary N) is 3. The Labute approximate surface area is 208 Å². The monoisotopic (exact) mass is 489 g/mol. The van der Waals surface area contributed by atoms with Crippen LogP contribution in [0, 0.1) is 0 Å². The molecule has 2 aliphatic rings. The van der Waals surface area contributed by atoms with Crippen LogP contribution >= 0.6 is 0 Å². The van der Waals surface area contributed by atoms with Gasteiger partial charge in [0, 0.05) is 12.2 Å². The number of hydrogen-bond donors (Lipinski definition) is 3. The zero-order chi connectivity index (χ0) is 24.7. The highest BCUT2D eigenvalue weighted by Crippen LogP contribution is 2.29. The molecule has 3 aromatic carbocycles. The average Bonchev–Trinajstić information content (AvgIpc) is 3.48. The summed E-state index contributed by atoms with van der Waals surface area (Å²) in [4.78, 5) is 24.8. The van der Waals surface area contributed by atoms with Crippen LogP contribution in [0.5, 0.6) is 11.5 Å². The first-order valence-corrected chi connectivity index (χ1v) is 11.8. The quantitative estimate of drug-likeness (QED) is 0.462. The lowest BCUT2D eigenvalue weighted by Gasteiger charge is -2.18. The number of carbonyl (C=O) groups excluding carboxylic acids is 2. The molecule has 0 aliphatic carbocycles. The fourth-order valence-corrected chi connectivity index (χ4v) is 4.20. The van der Waals surface area contributed by atoms with E-state index in [0.29, 0.717) is 18.0 Å². The summed E-state index contributed by atoms with van der Waals surface area (Å²) in [5.74, 6) is 1.38. The Balaban J connectivity index is 1.07. The number of para-hydroxylation sites is 1. The Morgan fingerprint density at radius 2 is 1.47 bits per heavy atom. The first kappa shape index (κ1) is 23.7. The maximum Gasteiger partial charge on any atom is 0.412 e. The van der Waals surface area contributed by atoms with Crippen molar-refractivity contribution >= 4 is 17.8 Å². The van der Waals surface area contributed by atoms with Crippen LogP contribution in [0.2, 0.25) is 0 Å². The zero-order valence-electron chi connectivity index (χ0n) is 19.5. The molecule has 3 N–H and O–H groups in total. The molecule has 2 fully saturated rings. The Kier molecular flexibility index (Phi) is 7.30. The Bertz CT molecular complexity index is 1160. The average molecular weight is 490 g/mol. The second-order valence-electron chi connectivity index (χ2n) is 8.52. The standard InChI is InChI=1S/C27H27N3O6/c31-26(28-15-18-7-3-1-4-8-18)30-22-16-33-25-23(17-34-24(22)25)36-27(32)29-19-11-13-21(14-12-19)35-20-9-5-2-6-10-20/h1-14,22-25H,15-17H2,(H,29,32)(H2,28,30,31)/t22-,23-,24-,25+/m1/s1. The van der Waals surface area contributed by atoms with E-state index in [1.54, 1.807) is 24.3 Å². The van der Waals surface area contributed by atoms with Gasteiger partial charge in [0.2, 0.25) is 0 Å². The molecule has 3 amide bonds. The van der Waals surface area contributed by atoms with Gasteiger partial charge < -0.3 is 29.6 Å². The molecule has 2 saturated heterocycles. The summed E-state index contributed by atoms with van der Waals surface area (Å²) in [6.07, 6.45) is -2.02. The van der Waals surface area contributed by atoms with Gasteiger partial charge in [-0.05, 0) is 42.0 Å². The van der Waals surface area contributed by atoms with Gasteiger partial charge in [-0.15, -0.1) is 0 Å². The number of urea groups is 1. The van der Waals surface area contributed by atoms with Crippen molar-refractivity contribution in [3.63, 3.8) is 0 Å². The lowest BCUT2D eigenvalue weighted by molar-refractivity contribution is 0.00872. The highest BCUT2D eigenvalue weighted by atomic mass is 16.6. The van der Waals surface area contributed by atoms with Crippen LogP contribution in [-0.4, -0.2) is 49.7 Å². The summed E-state index contributed by atoms with van der Waals surface area (Å²) in [6.45, 7) is 0.884. The van der Waals surface area contributed by atoms with Gasteiger partial charge in [0.1, 0.15) is 23.7 Å². The van der Waals surface area contributed by atoms with Gasteiger partial charge in [0.25, 0.3) is 0 Å². The van der Waals surface area contributed by atoms with Crippen LogP contribution in [0.25, 0.3) is 0 Å². The third kappa shape index (κ3) is 5.94. The van der Waals surface area contributed by atoms with Gasteiger partial charge in [-0.1, -0.05) is 48.5 Å². The molecule has 2 aliphatic heterocycles. The van der Waals surface area contributed by atoms with Crippen LogP contribution in [0.15, 0.2) is 84.9 Å². The van der Waals surface area contributed by atoms with Crippen LogP contribution < -0.4 is 20.7 Å². The summed E-state index contributed by atoms with van der Waals surface area (Å²) in [6, 6.07) is 25.4. The topological polar surface area (TPSA) is 107 Å². The molecular formula is C27H27N3O6. The predicted octanol–water partition coefficient (Wildman–Crippen LogP) is 4.06. The van der Waals surface area contributed by atoms with Gasteiger partial charge in [-0.3, -0.25) is 5.32 Å². The van der Waals surface area contributed by atoms with Crippen LogP contribution in [0.1, 0.15) is 5.56 Å². The van der Waals surface area contributed by atoms with Crippen molar-refractivity contribution < 1.29 is 28.5 Å². The second kappa shape index (κ2) is 11.1. The van der Waals surface area contributed by atoms with Crippen molar-refractivity contribution in [2.75, 3.05) is 18.5 Å². The van der Waals surface area contributed by atoms with Crippen molar-refractivity contribution in [2.24, 2.45) is 0 Å². The van der Waals surface area contributed by atoms with Crippen molar-refractivity contribution in [2.45, 2.75) is 30.9 Å². The number of amides is 3. The molecule has 36 heavy (non-hydrogen) atoms. The van der Waals surface area contributed by atoms with Gasteiger partial charge in [0.05, 0.1) is 19.3 Å². The summed E-state index contributed by atoms with van der Waals surface area (Å²) < 4.78 is 22.9. The van der Waals surface area contributed by atoms with Gasteiger partial charge in [-0.2, -0.15) is 0 Å². The van der Waals surface area contributed by atoms with Crippen molar-refractivity contribution in [1.82, 2.24) is 10.6 Å². The summed E-state index contributed by atoms with van der Waals surface area (Å²) in [5.41, 5.74) is 1.57. The summed E-state index contributed by atoms with van der Waals surface area (Å²) in [7, 11) is 0. The molecule has 0 radical (unpaired) electrons. The Morgan fingerprint density at radius 3 is 2.22 bits per heavy atom. The van der Waals surface area contributed by atoms with Crippen molar-refractivity contribution in [3.05, 3.63) is 90.5 Å². The molecule has 5 rings (SSSR count). The summed E-state index contributed by atoms with van der Waals surface area (Å²) >= 11 is 0. The van der Waals surface area contributed by atoms with Crippen molar-refractivity contribution in [3.8, 4) is 11.5 Å². The number of benzene rings is 3. The van der Waals surface area contributed by atoms with E-state index < -0.39 is 18.3 Å². The number of fused-ring (bicyclic) bond motifs is 1. The fourth-order valence-electron chi connectivity index (χ4n) is 4.20. The van der Waals surface area contributed by atoms with E-state index in [2.05, 4.69) is 16.0 Å². The maximum absolute atomic E-state index is 12.5. The van der Waals surface area contributed by atoms with Gasteiger partial charge in [-0.25, -0.2) is 9.59 Å². The molecule has 186 valence electrons. The van der Waals surface area contributed by atoms with E-state index in [4.69, 9.17) is 18.9 Å². The van der Waals surface area contributed by atoms with E-state index in [0.717, 1.165) is 11.3 Å². The number of ether oxygens (including phenoxy) is 4. The third-order valence-electron chi connectivity index (χ3n) is 5.96. The molecule has 2 heterocycles. The third-order valence-corrected chi connectivity index (χ3v) is 5.96. The summed E-state index contributed by atoms with van der Waals surface area (Å²) in [5, 5.41) is 8.43. The van der Waals surface area contributed by atoms with E-state index >= 15 is 0 Å². The minimum atomic E-state index is -0.610. The van der Waals surface area contributed by atoms with E-state index in [1.807, 2.05) is 60.7 Å². The van der Waals surface area contributed by atoms with E-state index in [9.17, 15) is 9.59 Å². The Morgan fingerprint density at radius 1 is 0.806 bits per heavy atom. The van der Waals surface area contributed by atoms with Crippen molar-refractivity contribution in [1.29, 1.82) is 0 Å². The Hall–Kier alpha value is -4.08. The smallest absolute Gasteiger partial charge is 0.412 e. The lowest BCUT2D eigenvalue weighted by atomic mass is 10.1. The molecule has 0 spiro atoms. The molecule has 0 aromatic heterocycles. The number of anilines is 1. The second-order valence-corrected chi connectivity index (χ2v) is 8.52. The molecule has 0 bridgehead atoms. The molecule has 0 unspecified atom stereocenters. The van der Waals surface area contributed by atoms with Crippen LogP contribution in [0.4, 0.5) is 15.3 Å². The normalized spacial score (nSPS) is 22.3. The minimum Gasteiger partial charge on any atom is -0.457 e. The zero-order valence-corrected chi connectivity index (χ0v) is 19.5. The molecule has 4 atom stereocenters. The largest absolute Gasteiger partial charge is 0.457 e. The first-order valence-electron chi connectivity index (χ1n) is 11.8. The molecule has 9 nitrogen and oxygen atoms in total. The van der Waals surface area contributed by atoms with Crippen LogP contribution in [0.3, 0.4) is 0 Å².